The van der Waals surface area contributed by atoms with Gasteiger partial charge in [0, 0.05) is 25.7 Å². The maximum atomic E-state index is 13.3. The van der Waals surface area contributed by atoms with E-state index in [1.54, 1.807) is 19.6 Å². The van der Waals surface area contributed by atoms with Crippen LogP contribution in [0.1, 0.15) is 25.7 Å². The standard InChI is InChI=1S/C20H40F12O4Si5/c1-37(2,3)33-39(6,14-10-18(24,25)26)35-41(8,16-12-20(30,31)32)36-40(7,15-11-19(27,28)29)34-38(4,5)13-9-17(21,22)23/h9-16H2,1-8H3. The third kappa shape index (κ3) is 21.4. The van der Waals surface area contributed by atoms with Crippen molar-refractivity contribution < 1.29 is 69.1 Å². The van der Waals surface area contributed by atoms with Gasteiger partial charge in [0.05, 0.1) is 0 Å². The van der Waals surface area contributed by atoms with Crippen LogP contribution >= 0.6 is 0 Å². The van der Waals surface area contributed by atoms with Crippen LogP contribution in [0.5, 0.6) is 0 Å². The molecule has 0 aliphatic rings. The highest BCUT2D eigenvalue weighted by molar-refractivity contribution is 6.91. The summed E-state index contributed by atoms with van der Waals surface area (Å²) in [6, 6.07) is -2.99. The number of rotatable bonds is 16. The lowest BCUT2D eigenvalue weighted by Crippen LogP contribution is -2.61. The first-order valence-corrected chi connectivity index (χ1v) is 26.8. The van der Waals surface area contributed by atoms with Crippen LogP contribution in [-0.4, -0.2) is 67.0 Å². The topological polar surface area (TPSA) is 36.9 Å². The van der Waals surface area contributed by atoms with Gasteiger partial charge >= 0.3 is 50.4 Å². The van der Waals surface area contributed by atoms with Crippen molar-refractivity contribution in [2.75, 3.05) is 0 Å². The summed E-state index contributed by atoms with van der Waals surface area (Å²) in [6.45, 7) is 11.0. The van der Waals surface area contributed by atoms with Crippen LogP contribution in [0.15, 0.2) is 0 Å². The predicted octanol–water partition coefficient (Wildman–Crippen LogP) is 10.1. The Hall–Kier alpha value is 0.0844. The molecule has 0 radical (unpaired) electrons. The maximum Gasteiger partial charge on any atom is 0.389 e. The van der Waals surface area contributed by atoms with Gasteiger partial charge in [-0.15, -0.1) is 0 Å². The molecule has 0 heterocycles. The Kier molecular flexibility index (Phi) is 14.1. The maximum absolute atomic E-state index is 13.3. The molecule has 0 saturated heterocycles. The molecule has 0 fully saturated rings. The van der Waals surface area contributed by atoms with E-state index < -0.39 is 117 Å². The minimum Gasteiger partial charge on any atom is -0.437 e. The van der Waals surface area contributed by atoms with Gasteiger partial charge in [0.15, 0.2) is 16.6 Å². The summed E-state index contributed by atoms with van der Waals surface area (Å²) in [6.07, 6.45) is -24.4. The zero-order chi connectivity index (χ0) is 33.0. The lowest BCUT2D eigenvalue weighted by Gasteiger charge is -2.45. The fraction of sp³-hybridized carbons (Fsp3) is 1.00. The van der Waals surface area contributed by atoms with E-state index in [0.717, 1.165) is 13.1 Å². The summed E-state index contributed by atoms with van der Waals surface area (Å²) < 4.78 is 181. The molecule has 0 aromatic heterocycles. The van der Waals surface area contributed by atoms with E-state index in [0.29, 0.717) is 0 Å². The molecule has 0 aliphatic carbocycles. The van der Waals surface area contributed by atoms with Crippen LogP contribution in [0.25, 0.3) is 0 Å². The first-order valence-electron chi connectivity index (χ1n) is 12.7. The lowest BCUT2D eigenvalue weighted by atomic mass is 10.5. The Bertz CT molecular complexity index is 817. The van der Waals surface area contributed by atoms with Crippen molar-refractivity contribution in [1.82, 2.24) is 0 Å². The van der Waals surface area contributed by atoms with Gasteiger partial charge in [-0.2, -0.15) is 52.7 Å². The van der Waals surface area contributed by atoms with Crippen molar-refractivity contribution in [2.24, 2.45) is 0 Å². The summed E-state index contributed by atoms with van der Waals surface area (Å²) in [7, 11) is -18.6. The Morgan fingerprint density at radius 3 is 0.878 bits per heavy atom. The van der Waals surface area contributed by atoms with Crippen LogP contribution in [0.3, 0.4) is 0 Å². The van der Waals surface area contributed by atoms with Crippen LogP contribution in [0.4, 0.5) is 52.7 Å². The molecule has 0 bridgehead atoms. The van der Waals surface area contributed by atoms with E-state index in [-0.39, 0.29) is 0 Å². The molecule has 0 spiro atoms. The molecule has 0 amide bonds. The van der Waals surface area contributed by atoms with Gasteiger partial charge < -0.3 is 16.5 Å². The third-order valence-electron chi connectivity index (χ3n) is 5.48. The fourth-order valence-electron chi connectivity index (χ4n) is 4.11. The number of halogens is 12. The third-order valence-corrected chi connectivity index (χ3v) is 25.4. The number of alkyl halides is 12. The first kappa shape index (κ1) is 41.1. The normalized spacial score (nSPS) is 19.0. The average Bonchev–Trinajstić information content (AvgIpc) is 2.64. The smallest absolute Gasteiger partial charge is 0.389 e. The van der Waals surface area contributed by atoms with Gasteiger partial charge in [0.2, 0.25) is 0 Å². The monoisotopic (exact) mass is 712 g/mol. The molecule has 0 aliphatic heterocycles. The summed E-state index contributed by atoms with van der Waals surface area (Å²) in [5.41, 5.74) is 0. The second-order valence-electron chi connectivity index (χ2n) is 12.1. The van der Waals surface area contributed by atoms with Crippen molar-refractivity contribution in [3.63, 3.8) is 0 Å². The summed E-state index contributed by atoms with van der Waals surface area (Å²) in [4.78, 5) is 0. The molecular weight excluding hydrogens is 673 g/mol. The molecule has 248 valence electrons. The predicted molar refractivity (Wildman–Crippen MR) is 142 cm³/mol. The van der Waals surface area contributed by atoms with E-state index in [1.807, 2.05) is 0 Å². The van der Waals surface area contributed by atoms with Gasteiger partial charge in [0.25, 0.3) is 0 Å². The van der Waals surface area contributed by atoms with Crippen LogP contribution in [-0.2, 0) is 16.5 Å². The SMILES string of the molecule is C[Si](C)(C)O[Si](C)(CCC(F)(F)F)O[Si](C)(CCC(F)(F)F)O[Si](C)(CCC(F)(F)F)O[Si](C)(C)CCC(F)(F)F. The van der Waals surface area contributed by atoms with Gasteiger partial charge in [-0.25, -0.2) is 0 Å². The van der Waals surface area contributed by atoms with Gasteiger partial charge in [-0.05, 0) is 76.6 Å². The van der Waals surface area contributed by atoms with Crippen molar-refractivity contribution in [3.8, 4) is 0 Å². The Morgan fingerprint density at radius 1 is 0.366 bits per heavy atom. The number of hydrogen-bond donors (Lipinski definition) is 0. The highest BCUT2D eigenvalue weighted by Gasteiger charge is 2.53. The molecule has 0 aromatic carbocycles. The van der Waals surface area contributed by atoms with Crippen molar-refractivity contribution in [3.05, 3.63) is 0 Å². The summed E-state index contributed by atoms with van der Waals surface area (Å²) in [5.74, 6) is 0. The van der Waals surface area contributed by atoms with Crippen molar-refractivity contribution in [1.29, 1.82) is 0 Å². The lowest BCUT2D eigenvalue weighted by molar-refractivity contribution is -0.132. The Labute approximate surface area is 238 Å². The largest absolute Gasteiger partial charge is 0.437 e. The van der Waals surface area contributed by atoms with Gasteiger partial charge in [0.1, 0.15) is 0 Å². The summed E-state index contributed by atoms with van der Waals surface area (Å²) in [5, 5.41) is 0. The van der Waals surface area contributed by atoms with Crippen LogP contribution in [0.2, 0.25) is 76.6 Å². The molecule has 0 saturated carbocycles. The highest BCUT2D eigenvalue weighted by Crippen LogP contribution is 2.39. The van der Waals surface area contributed by atoms with E-state index >= 15 is 0 Å². The first-order chi connectivity index (χ1) is 17.7. The zero-order valence-electron chi connectivity index (χ0n) is 24.3. The minimum absolute atomic E-state index is 0.549. The highest BCUT2D eigenvalue weighted by atomic mass is 28.5. The summed E-state index contributed by atoms with van der Waals surface area (Å²) >= 11 is 0. The second kappa shape index (κ2) is 14.0. The van der Waals surface area contributed by atoms with E-state index in [9.17, 15) is 52.7 Å². The molecule has 0 aromatic rings. The second-order valence-corrected chi connectivity index (χ2v) is 32.0. The zero-order valence-corrected chi connectivity index (χ0v) is 29.3. The van der Waals surface area contributed by atoms with Crippen molar-refractivity contribution in [2.45, 2.75) is 127 Å². The van der Waals surface area contributed by atoms with Crippen LogP contribution < -0.4 is 0 Å². The Balaban J connectivity index is 6.61. The minimum atomic E-state index is -4.77. The molecular formula is C20H40F12O4Si5. The fourth-order valence-corrected chi connectivity index (χ4v) is 28.9. The molecule has 0 rings (SSSR count). The van der Waals surface area contributed by atoms with Crippen LogP contribution in [0, 0.1) is 0 Å². The average molecular weight is 713 g/mol. The van der Waals surface area contributed by atoms with E-state index in [4.69, 9.17) is 16.5 Å². The molecule has 4 nitrogen and oxygen atoms in total. The number of hydrogen-bond acceptors (Lipinski definition) is 4. The quantitative estimate of drug-likeness (QED) is 0.118. The molecule has 3 unspecified atom stereocenters. The Morgan fingerprint density at radius 2 is 0.610 bits per heavy atom. The molecule has 21 heteroatoms. The van der Waals surface area contributed by atoms with Gasteiger partial charge in [-0.1, -0.05) is 0 Å². The van der Waals surface area contributed by atoms with E-state index in [1.165, 1.54) is 19.6 Å². The molecule has 41 heavy (non-hydrogen) atoms. The van der Waals surface area contributed by atoms with Crippen molar-refractivity contribution >= 4 is 42.3 Å². The van der Waals surface area contributed by atoms with Gasteiger partial charge in [-0.3, -0.25) is 0 Å². The molecule has 0 N–H and O–H groups in total. The molecule has 3 atom stereocenters. The van der Waals surface area contributed by atoms with E-state index in [2.05, 4.69) is 0 Å².